The second-order valence-corrected chi connectivity index (χ2v) is 10.7. The molecule has 1 aromatic heterocycles. The molecule has 0 bridgehead atoms. The highest BCUT2D eigenvalue weighted by atomic mass is 32.1. The monoisotopic (exact) mass is 624 g/mol. The Morgan fingerprint density at radius 1 is 1.00 bits per heavy atom. The number of hydrogen-bond donors (Lipinski definition) is 1. The van der Waals surface area contributed by atoms with E-state index in [1.807, 2.05) is 27.7 Å². The number of nitro groups is 1. The number of rotatable bonds is 16. The lowest BCUT2D eigenvalue weighted by atomic mass is 10.2. The van der Waals surface area contributed by atoms with Crippen molar-refractivity contribution in [2.45, 2.75) is 34.6 Å². The van der Waals surface area contributed by atoms with Gasteiger partial charge in [0.1, 0.15) is 30.8 Å². The average Bonchev–Trinajstić information content (AvgIpc) is 3.42. The van der Waals surface area contributed by atoms with Crippen LogP contribution in [-0.2, 0) is 23.7 Å². The fourth-order valence-corrected chi connectivity index (χ4v) is 3.76. The summed E-state index contributed by atoms with van der Waals surface area (Å²) in [4.78, 5) is 51.9. The van der Waals surface area contributed by atoms with Gasteiger partial charge in [0.15, 0.2) is 0 Å². The van der Waals surface area contributed by atoms with Gasteiger partial charge in [0, 0.05) is 13.0 Å². The van der Waals surface area contributed by atoms with Crippen molar-refractivity contribution < 1.29 is 43.0 Å². The van der Waals surface area contributed by atoms with Gasteiger partial charge in [-0.1, -0.05) is 27.7 Å². The molecule has 43 heavy (non-hydrogen) atoms. The number of carbonyl (C=O) groups is 3. The van der Waals surface area contributed by atoms with E-state index in [4.69, 9.17) is 23.7 Å². The van der Waals surface area contributed by atoms with E-state index in [-0.39, 0.29) is 78.6 Å². The van der Waals surface area contributed by atoms with Gasteiger partial charge in [-0.3, -0.25) is 14.9 Å². The lowest BCUT2D eigenvalue weighted by molar-refractivity contribution is -0.380. The number of azo groups is 1. The quantitative estimate of drug-likeness (QED) is 0.101. The van der Waals surface area contributed by atoms with Crippen molar-refractivity contribution in [2.24, 2.45) is 22.1 Å². The highest BCUT2D eigenvalue weighted by Crippen LogP contribution is 2.40. The number of nitrogens with zero attached hydrogens (tertiary/aromatic N) is 5. The summed E-state index contributed by atoms with van der Waals surface area (Å²) in [7, 11) is 1.42. The first kappa shape index (κ1) is 34.7. The Labute approximate surface area is 252 Å². The molecule has 0 unspecified atom stereocenters. The number of methoxy groups -OCH3 is 1. The zero-order valence-corrected chi connectivity index (χ0v) is 25.7. The molecule has 1 amide bonds. The van der Waals surface area contributed by atoms with Crippen LogP contribution < -0.4 is 15.0 Å². The summed E-state index contributed by atoms with van der Waals surface area (Å²) >= 11 is 0.730. The summed E-state index contributed by atoms with van der Waals surface area (Å²) in [5.41, 5.74) is 0.849. The van der Waals surface area contributed by atoms with Crippen LogP contribution in [0.25, 0.3) is 0 Å². The zero-order valence-electron chi connectivity index (χ0n) is 24.9. The highest BCUT2D eigenvalue weighted by molar-refractivity contribution is 7.18. The topological polar surface area (TPSA) is 193 Å². The van der Waals surface area contributed by atoms with Gasteiger partial charge in [-0.2, -0.15) is 0 Å². The van der Waals surface area contributed by atoms with E-state index in [1.54, 1.807) is 11.0 Å². The lowest BCUT2D eigenvalue weighted by Crippen LogP contribution is -2.33. The molecule has 0 aliphatic rings. The summed E-state index contributed by atoms with van der Waals surface area (Å²) in [5, 5.41) is 21.5. The number of anilines is 2. The fraction of sp³-hybridized carbons (Fsp3) is 0.538. The van der Waals surface area contributed by atoms with Crippen LogP contribution in [0.3, 0.4) is 0 Å². The molecular weight excluding hydrogens is 588 g/mol. The standard InChI is InChI=1S/C26H36N6O10S/c1-16(2)14-41-25(34)39-9-7-31(8-10-40-26(35)42-15-17(3)4)21-11-19(28-18(5)33)20(12-22(21)38-6)29-30-24-27-13-23(43-24)32(36)37/h11-13,16-17H,7-10,14-15H2,1-6H3,(H,28,33). The molecule has 1 aromatic carbocycles. The van der Waals surface area contributed by atoms with E-state index in [1.165, 1.54) is 20.1 Å². The van der Waals surface area contributed by atoms with E-state index in [0.29, 0.717) is 5.69 Å². The molecule has 0 saturated heterocycles. The third-order valence-corrected chi connectivity index (χ3v) is 5.92. The van der Waals surface area contributed by atoms with Crippen molar-refractivity contribution >= 4 is 56.7 Å². The summed E-state index contributed by atoms with van der Waals surface area (Å²) in [5.74, 6) is 0.151. The van der Waals surface area contributed by atoms with Crippen LogP contribution in [-0.4, -0.2) is 74.8 Å². The highest BCUT2D eigenvalue weighted by Gasteiger charge is 2.20. The molecule has 0 aliphatic heterocycles. The molecule has 2 aromatic rings. The molecule has 2 rings (SSSR count). The van der Waals surface area contributed by atoms with E-state index in [2.05, 4.69) is 20.5 Å². The first-order valence-corrected chi connectivity index (χ1v) is 14.1. The first-order valence-electron chi connectivity index (χ1n) is 13.2. The van der Waals surface area contributed by atoms with Crippen molar-refractivity contribution in [3.8, 4) is 5.75 Å². The Balaban J connectivity index is 2.34. The largest absolute Gasteiger partial charge is 0.508 e. The lowest BCUT2D eigenvalue weighted by Gasteiger charge is -2.27. The summed E-state index contributed by atoms with van der Waals surface area (Å²) in [6, 6.07) is 3.06. The summed E-state index contributed by atoms with van der Waals surface area (Å²) in [6.45, 7) is 9.36. The Bertz CT molecular complexity index is 1250. The maximum Gasteiger partial charge on any atom is 0.508 e. The smallest absolute Gasteiger partial charge is 0.494 e. The second kappa shape index (κ2) is 17.4. The molecule has 0 saturated carbocycles. The molecule has 1 N–H and O–H groups in total. The van der Waals surface area contributed by atoms with E-state index in [9.17, 15) is 24.5 Å². The van der Waals surface area contributed by atoms with Crippen LogP contribution in [0.1, 0.15) is 34.6 Å². The van der Waals surface area contributed by atoms with Crippen LogP contribution in [0, 0.1) is 22.0 Å². The molecule has 0 fully saturated rings. The third kappa shape index (κ3) is 12.5. The van der Waals surface area contributed by atoms with Gasteiger partial charge in [0.25, 0.3) is 0 Å². The van der Waals surface area contributed by atoms with Crippen molar-refractivity contribution in [1.82, 2.24) is 4.98 Å². The fourth-order valence-electron chi connectivity index (χ4n) is 3.21. The maximum atomic E-state index is 12.0. The molecule has 0 spiro atoms. The van der Waals surface area contributed by atoms with Gasteiger partial charge >= 0.3 is 17.3 Å². The Morgan fingerprint density at radius 2 is 1.58 bits per heavy atom. The molecule has 17 heteroatoms. The Kier molecular flexibility index (Phi) is 14.0. The van der Waals surface area contributed by atoms with Crippen molar-refractivity contribution in [1.29, 1.82) is 0 Å². The predicted molar refractivity (Wildman–Crippen MR) is 157 cm³/mol. The van der Waals surface area contributed by atoms with E-state index < -0.39 is 23.1 Å². The second-order valence-electron chi connectivity index (χ2n) is 9.75. The summed E-state index contributed by atoms with van der Waals surface area (Å²) in [6.07, 6.45) is -0.589. The molecule has 1 heterocycles. The van der Waals surface area contributed by atoms with Gasteiger partial charge < -0.3 is 33.9 Å². The number of hydrogen-bond acceptors (Lipinski definition) is 15. The summed E-state index contributed by atoms with van der Waals surface area (Å²) < 4.78 is 26.1. The molecule has 236 valence electrons. The van der Waals surface area contributed by atoms with Crippen molar-refractivity contribution in [3.63, 3.8) is 0 Å². The number of benzene rings is 1. The number of nitrogens with one attached hydrogen (secondary N) is 1. The van der Waals surface area contributed by atoms with Crippen LogP contribution in [0.15, 0.2) is 28.6 Å². The third-order valence-electron chi connectivity index (χ3n) is 5.08. The minimum Gasteiger partial charge on any atom is -0.494 e. The normalized spacial score (nSPS) is 11.0. The number of thiazole rings is 1. The van der Waals surface area contributed by atoms with E-state index >= 15 is 0 Å². The van der Waals surface area contributed by atoms with Crippen LogP contribution in [0.4, 0.5) is 36.8 Å². The Hall–Kier alpha value is -4.54. The van der Waals surface area contributed by atoms with Crippen LogP contribution in [0.2, 0.25) is 0 Å². The zero-order chi connectivity index (χ0) is 31.9. The number of ether oxygens (including phenoxy) is 5. The van der Waals surface area contributed by atoms with Gasteiger partial charge in [-0.05, 0) is 29.2 Å². The van der Waals surface area contributed by atoms with Crippen LogP contribution >= 0.6 is 11.3 Å². The van der Waals surface area contributed by atoms with Gasteiger partial charge in [-0.25, -0.2) is 14.6 Å². The molecule has 0 aliphatic carbocycles. The molecule has 0 atom stereocenters. The van der Waals surface area contributed by atoms with Gasteiger partial charge in [0.05, 0.1) is 49.7 Å². The van der Waals surface area contributed by atoms with Crippen molar-refractivity contribution in [2.75, 3.05) is 56.8 Å². The van der Waals surface area contributed by atoms with Crippen LogP contribution in [0.5, 0.6) is 5.75 Å². The van der Waals surface area contributed by atoms with Gasteiger partial charge in [-0.15, -0.1) is 10.2 Å². The first-order chi connectivity index (χ1) is 20.4. The average molecular weight is 625 g/mol. The number of amides is 1. The Morgan fingerprint density at radius 3 is 2.05 bits per heavy atom. The van der Waals surface area contributed by atoms with E-state index in [0.717, 1.165) is 17.5 Å². The number of carbonyl (C=O) groups excluding carboxylic acids is 3. The SMILES string of the molecule is COc1cc(N=Nc2ncc([N+](=O)[O-])s2)c(NC(C)=O)cc1N(CCOC(=O)OCC(C)C)CCOC(=O)OCC(C)C. The maximum absolute atomic E-state index is 12.0. The molecule has 16 nitrogen and oxygen atoms in total. The minimum atomic E-state index is -0.828. The number of aromatic nitrogens is 1. The predicted octanol–water partition coefficient (Wildman–Crippen LogP) is 5.86. The van der Waals surface area contributed by atoms with Crippen molar-refractivity contribution in [3.05, 3.63) is 28.4 Å². The van der Waals surface area contributed by atoms with Gasteiger partial charge in [0.2, 0.25) is 11.0 Å². The molecular formula is C26H36N6O10S. The minimum absolute atomic E-state index is 0.0353. The molecule has 0 radical (unpaired) electrons.